The van der Waals surface area contributed by atoms with Crippen molar-refractivity contribution in [2.24, 2.45) is 5.92 Å². The van der Waals surface area contributed by atoms with E-state index in [1.807, 2.05) is 50.2 Å². The van der Waals surface area contributed by atoms with Crippen LogP contribution < -0.4 is 25.8 Å². The fraction of sp³-hybridized carbons (Fsp3) is 0.444. The lowest BCUT2D eigenvalue weighted by Gasteiger charge is -2.40. The fourth-order valence-corrected chi connectivity index (χ4v) is 4.44. The number of rotatable bonds is 12. The highest BCUT2D eigenvalue weighted by molar-refractivity contribution is 6.05. The van der Waals surface area contributed by atoms with Gasteiger partial charge in [0.05, 0.1) is 18.5 Å². The number of anilines is 3. The lowest BCUT2D eigenvalue weighted by molar-refractivity contribution is -0.129. The molecule has 2 aromatic rings. The maximum absolute atomic E-state index is 13.0. The second-order valence-corrected chi connectivity index (χ2v) is 9.38. The van der Waals surface area contributed by atoms with E-state index in [-0.39, 0.29) is 30.2 Å². The summed E-state index contributed by atoms with van der Waals surface area (Å²) in [4.78, 5) is 38.6. The van der Waals surface area contributed by atoms with Gasteiger partial charge in [0.1, 0.15) is 11.8 Å². The van der Waals surface area contributed by atoms with E-state index in [1.165, 1.54) is 0 Å². The van der Waals surface area contributed by atoms with E-state index in [0.29, 0.717) is 37.2 Å². The van der Waals surface area contributed by atoms with Gasteiger partial charge in [0.2, 0.25) is 17.7 Å². The summed E-state index contributed by atoms with van der Waals surface area (Å²) in [6, 6.07) is 13.1. The highest BCUT2D eigenvalue weighted by Crippen LogP contribution is 2.37. The van der Waals surface area contributed by atoms with Crippen molar-refractivity contribution in [3.63, 3.8) is 0 Å². The number of amides is 3. The minimum atomic E-state index is -0.394. The average molecular weight is 497 g/mol. The number of benzene rings is 2. The Kier molecular flexibility index (Phi) is 9.69. The second-order valence-electron chi connectivity index (χ2n) is 9.38. The predicted molar refractivity (Wildman–Crippen MR) is 139 cm³/mol. The standard InChI is InChI=1S/C27H36N4O5/c1-18(2)26-27(34)29-22-16-20(28-24(32)8-6-4-5-7-9-25(33)30-35)12-15-23(22)31(26)17-19-10-13-21(36-3)14-11-19/h10-16,18,26,35H,4-9,17H2,1-3H3,(H,28,32)(H,29,34)(H,30,33). The molecular weight excluding hydrogens is 460 g/mol. The van der Waals surface area contributed by atoms with Gasteiger partial charge in [-0.15, -0.1) is 0 Å². The molecule has 1 aliphatic heterocycles. The van der Waals surface area contributed by atoms with Crippen LogP contribution >= 0.6 is 0 Å². The molecule has 3 rings (SSSR count). The van der Waals surface area contributed by atoms with Crippen LogP contribution in [0, 0.1) is 5.92 Å². The van der Waals surface area contributed by atoms with E-state index in [4.69, 9.17) is 9.94 Å². The topological polar surface area (TPSA) is 120 Å². The Morgan fingerprint density at radius 2 is 1.69 bits per heavy atom. The first-order valence-corrected chi connectivity index (χ1v) is 12.4. The summed E-state index contributed by atoms with van der Waals surface area (Å²) in [6.45, 7) is 4.64. The molecule has 0 spiro atoms. The molecule has 0 bridgehead atoms. The van der Waals surface area contributed by atoms with Crippen molar-refractivity contribution < 1.29 is 24.3 Å². The summed E-state index contributed by atoms with van der Waals surface area (Å²) < 4.78 is 5.26. The zero-order valence-electron chi connectivity index (χ0n) is 21.2. The van der Waals surface area contributed by atoms with Crippen LogP contribution in [0.25, 0.3) is 0 Å². The third-order valence-corrected chi connectivity index (χ3v) is 6.28. The molecule has 0 aromatic heterocycles. The third-order valence-electron chi connectivity index (χ3n) is 6.28. The molecule has 4 N–H and O–H groups in total. The number of methoxy groups -OCH3 is 1. The van der Waals surface area contributed by atoms with E-state index in [0.717, 1.165) is 29.8 Å². The Morgan fingerprint density at radius 1 is 1.03 bits per heavy atom. The van der Waals surface area contributed by atoms with Gasteiger partial charge in [0.15, 0.2) is 0 Å². The predicted octanol–water partition coefficient (Wildman–Crippen LogP) is 4.46. The Bertz CT molecular complexity index is 1050. The number of unbranched alkanes of at least 4 members (excludes halogenated alkanes) is 3. The number of nitrogens with one attached hydrogen (secondary N) is 3. The quantitative estimate of drug-likeness (QED) is 0.196. The Hall–Kier alpha value is -3.59. The van der Waals surface area contributed by atoms with Gasteiger partial charge in [0.25, 0.3) is 0 Å². The second kappa shape index (κ2) is 12.9. The van der Waals surface area contributed by atoms with Gasteiger partial charge >= 0.3 is 0 Å². The number of fused-ring (bicyclic) bond motifs is 1. The van der Waals surface area contributed by atoms with E-state index >= 15 is 0 Å². The molecule has 1 aliphatic rings. The van der Waals surface area contributed by atoms with Crippen molar-refractivity contribution >= 4 is 34.8 Å². The van der Waals surface area contributed by atoms with Gasteiger partial charge in [-0.1, -0.05) is 38.8 Å². The van der Waals surface area contributed by atoms with Crippen LogP contribution in [-0.4, -0.2) is 36.1 Å². The first-order valence-electron chi connectivity index (χ1n) is 12.4. The molecule has 1 unspecified atom stereocenters. The largest absolute Gasteiger partial charge is 0.497 e. The third kappa shape index (κ3) is 7.21. The molecule has 9 heteroatoms. The molecular formula is C27H36N4O5. The van der Waals surface area contributed by atoms with Crippen molar-refractivity contribution in [1.29, 1.82) is 0 Å². The average Bonchev–Trinajstić information content (AvgIpc) is 2.85. The summed E-state index contributed by atoms with van der Waals surface area (Å²) in [5.74, 6) is 0.332. The molecule has 1 atom stereocenters. The molecule has 0 saturated carbocycles. The smallest absolute Gasteiger partial charge is 0.247 e. The van der Waals surface area contributed by atoms with Crippen molar-refractivity contribution in [2.75, 3.05) is 22.6 Å². The van der Waals surface area contributed by atoms with Gasteiger partial charge in [-0.2, -0.15) is 0 Å². The maximum atomic E-state index is 13.0. The number of carbonyl (C=O) groups excluding carboxylic acids is 3. The number of nitrogens with zero attached hydrogens (tertiary/aromatic N) is 1. The monoisotopic (exact) mass is 496 g/mol. The number of hydrogen-bond donors (Lipinski definition) is 4. The number of carbonyl (C=O) groups is 3. The number of hydrogen-bond acceptors (Lipinski definition) is 6. The van der Waals surface area contributed by atoms with Crippen molar-refractivity contribution in [3.8, 4) is 5.75 Å². The van der Waals surface area contributed by atoms with Gasteiger partial charge < -0.3 is 20.3 Å². The SMILES string of the molecule is COc1ccc(CN2c3ccc(NC(=O)CCCCCCC(=O)NO)cc3NC(=O)C2C(C)C)cc1. The van der Waals surface area contributed by atoms with Crippen LogP contribution in [0.4, 0.5) is 17.1 Å². The van der Waals surface area contributed by atoms with E-state index in [1.54, 1.807) is 18.7 Å². The molecule has 2 aromatic carbocycles. The van der Waals surface area contributed by atoms with Gasteiger partial charge in [-0.05, 0) is 54.7 Å². The molecule has 0 radical (unpaired) electrons. The molecule has 0 aliphatic carbocycles. The number of ether oxygens (including phenoxy) is 1. The van der Waals surface area contributed by atoms with Gasteiger partial charge in [-0.3, -0.25) is 19.6 Å². The van der Waals surface area contributed by atoms with Crippen molar-refractivity contribution in [2.45, 2.75) is 65.0 Å². The molecule has 0 fully saturated rings. The highest BCUT2D eigenvalue weighted by Gasteiger charge is 2.35. The van der Waals surface area contributed by atoms with Crippen LogP contribution in [-0.2, 0) is 20.9 Å². The highest BCUT2D eigenvalue weighted by atomic mass is 16.5. The molecule has 0 saturated heterocycles. The molecule has 194 valence electrons. The zero-order valence-corrected chi connectivity index (χ0v) is 21.2. The summed E-state index contributed by atoms with van der Waals surface area (Å²) in [6.07, 6.45) is 3.66. The fourth-order valence-electron chi connectivity index (χ4n) is 4.44. The summed E-state index contributed by atoms with van der Waals surface area (Å²) in [5.41, 5.74) is 4.90. The summed E-state index contributed by atoms with van der Waals surface area (Å²) in [7, 11) is 1.63. The van der Waals surface area contributed by atoms with Crippen LogP contribution in [0.15, 0.2) is 42.5 Å². The van der Waals surface area contributed by atoms with Crippen LogP contribution in [0.3, 0.4) is 0 Å². The van der Waals surface area contributed by atoms with Crippen molar-refractivity contribution in [3.05, 3.63) is 48.0 Å². The number of hydroxylamine groups is 1. The molecule has 9 nitrogen and oxygen atoms in total. The summed E-state index contributed by atoms with van der Waals surface area (Å²) in [5, 5.41) is 14.4. The first kappa shape index (κ1) is 27.0. The minimum Gasteiger partial charge on any atom is -0.497 e. The normalized spacial score (nSPS) is 14.8. The van der Waals surface area contributed by atoms with Gasteiger partial charge in [0, 0.05) is 25.1 Å². The lowest BCUT2D eigenvalue weighted by Crippen LogP contribution is -2.50. The van der Waals surface area contributed by atoms with Crippen LogP contribution in [0.1, 0.15) is 57.9 Å². The maximum Gasteiger partial charge on any atom is 0.247 e. The zero-order chi connectivity index (χ0) is 26.1. The van der Waals surface area contributed by atoms with E-state index in [9.17, 15) is 14.4 Å². The Morgan fingerprint density at radius 3 is 2.31 bits per heavy atom. The van der Waals surface area contributed by atoms with E-state index < -0.39 is 5.91 Å². The molecule has 3 amide bonds. The van der Waals surface area contributed by atoms with Crippen LogP contribution in [0.5, 0.6) is 5.75 Å². The Balaban J connectivity index is 1.64. The Labute approximate surface area is 212 Å². The molecule has 36 heavy (non-hydrogen) atoms. The van der Waals surface area contributed by atoms with E-state index in [2.05, 4.69) is 15.5 Å². The summed E-state index contributed by atoms with van der Waals surface area (Å²) >= 11 is 0. The van der Waals surface area contributed by atoms with Gasteiger partial charge in [-0.25, -0.2) is 5.48 Å². The molecule has 1 heterocycles. The minimum absolute atomic E-state index is 0.0654. The van der Waals surface area contributed by atoms with Crippen molar-refractivity contribution in [1.82, 2.24) is 5.48 Å². The van der Waals surface area contributed by atoms with Crippen LogP contribution in [0.2, 0.25) is 0 Å². The first-order chi connectivity index (χ1) is 17.3. The lowest BCUT2D eigenvalue weighted by atomic mass is 9.96.